The van der Waals surface area contributed by atoms with Gasteiger partial charge >= 0.3 is 5.91 Å². The fraction of sp³-hybridized carbons (Fsp3) is 0. The molecule has 0 saturated carbocycles. The molecular weight excluding hydrogens is 106 g/mol. The van der Waals surface area contributed by atoms with Crippen LogP contribution in [0.15, 0.2) is 12.4 Å². The van der Waals surface area contributed by atoms with E-state index < -0.39 is 5.91 Å². The zero-order valence-electron chi connectivity index (χ0n) is 3.96. The molecule has 0 bridgehead atoms. The standard InChI is InChI=1S/C4H3N3O/c5-3(8)4-6-1-2-7-4/h1-2H,(H,6,7). The van der Waals surface area contributed by atoms with Crippen LogP contribution in [-0.4, -0.2) is 15.9 Å². The number of aromatic nitrogens is 2. The third kappa shape index (κ3) is 0.676. The number of imidazole rings is 1. The number of carbonyl (C=O) groups is 1. The smallest absolute Gasteiger partial charge is 0.331 e. The van der Waals surface area contributed by atoms with Gasteiger partial charge in [0, 0.05) is 12.4 Å². The topological polar surface area (TPSA) is 68.1 Å². The van der Waals surface area contributed by atoms with Crippen molar-refractivity contribution in [2.45, 2.75) is 0 Å². The van der Waals surface area contributed by atoms with Gasteiger partial charge < -0.3 is 4.98 Å². The molecule has 1 rings (SSSR count). The zero-order valence-corrected chi connectivity index (χ0v) is 3.96. The van der Waals surface area contributed by atoms with Crippen molar-refractivity contribution in [3.05, 3.63) is 18.2 Å². The molecule has 0 saturated heterocycles. The molecule has 1 N–H and O–H groups in total. The monoisotopic (exact) mass is 109 g/mol. The van der Waals surface area contributed by atoms with Crippen molar-refractivity contribution in [1.29, 1.82) is 0 Å². The minimum Gasteiger partial charge on any atom is -0.340 e. The van der Waals surface area contributed by atoms with E-state index in [2.05, 4.69) is 9.97 Å². The Kier molecular flexibility index (Phi) is 0.997. The largest absolute Gasteiger partial charge is 0.340 e. The molecule has 0 aromatic carbocycles. The Balaban J connectivity index is 2.93. The maximum absolute atomic E-state index is 9.97. The Morgan fingerprint density at radius 3 is 2.88 bits per heavy atom. The summed E-state index contributed by atoms with van der Waals surface area (Å²) in [6.45, 7) is 0. The Bertz CT molecular complexity index is 179. The van der Waals surface area contributed by atoms with Crippen molar-refractivity contribution in [1.82, 2.24) is 15.7 Å². The molecule has 0 aliphatic carbocycles. The predicted octanol–water partition coefficient (Wildman–Crippen LogP) is -0.381. The van der Waals surface area contributed by atoms with E-state index in [0.717, 1.165) is 0 Å². The molecule has 1 heterocycles. The van der Waals surface area contributed by atoms with E-state index in [-0.39, 0.29) is 5.82 Å². The van der Waals surface area contributed by atoms with Crippen molar-refractivity contribution in [2.24, 2.45) is 0 Å². The number of rotatable bonds is 1. The highest BCUT2D eigenvalue weighted by Gasteiger charge is 2.01. The number of hydrogen-bond acceptors (Lipinski definition) is 2. The van der Waals surface area contributed by atoms with E-state index in [1.807, 2.05) is 0 Å². The number of aromatic amines is 1. The van der Waals surface area contributed by atoms with E-state index in [0.29, 0.717) is 0 Å². The summed E-state index contributed by atoms with van der Waals surface area (Å²) in [5.41, 5.74) is 8.18. The molecular formula is C4H3N3O. The third-order valence-electron chi connectivity index (χ3n) is 0.701. The van der Waals surface area contributed by atoms with E-state index in [4.69, 9.17) is 5.73 Å². The molecule has 1 amide bonds. The Morgan fingerprint density at radius 2 is 2.62 bits per heavy atom. The number of amides is 1. The quantitative estimate of drug-likeness (QED) is 0.534. The fourth-order valence-corrected chi connectivity index (χ4v) is 0.382. The molecule has 0 fully saturated rings. The van der Waals surface area contributed by atoms with Gasteiger partial charge in [0.15, 0.2) is 5.82 Å². The summed E-state index contributed by atoms with van der Waals surface area (Å²) in [7, 11) is 0. The lowest BCUT2D eigenvalue weighted by atomic mass is 10.6. The molecule has 0 atom stereocenters. The normalized spacial score (nSPS) is 9.00. The van der Waals surface area contributed by atoms with Crippen molar-refractivity contribution >= 4 is 5.91 Å². The summed E-state index contributed by atoms with van der Waals surface area (Å²) in [4.78, 5) is 15.9. The van der Waals surface area contributed by atoms with Gasteiger partial charge in [-0.15, -0.1) is 0 Å². The lowest BCUT2D eigenvalue weighted by molar-refractivity contribution is 0.0983. The van der Waals surface area contributed by atoms with E-state index in [1.54, 1.807) is 0 Å². The summed E-state index contributed by atoms with van der Waals surface area (Å²) in [5, 5.41) is 0. The van der Waals surface area contributed by atoms with Crippen LogP contribution in [-0.2, 0) is 0 Å². The molecule has 0 spiro atoms. The molecule has 4 nitrogen and oxygen atoms in total. The summed E-state index contributed by atoms with van der Waals surface area (Å²) in [5.74, 6) is -1.06. The highest BCUT2D eigenvalue weighted by molar-refractivity contribution is 5.87. The van der Waals surface area contributed by atoms with Crippen LogP contribution < -0.4 is 5.73 Å². The number of nitrogens with zero attached hydrogens (tertiary/aromatic N) is 2. The second kappa shape index (κ2) is 1.65. The highest BCUT2D eigenvalue weighted by Crippen LogP contribution is 1.83. The first-order valence-corrected chi connectivity index (χ1v) is 2.03. The first kappa shape index (κ1) is 4.83. The number of nitrogens with one attached hydrogen (secondary N) is 1. The zero-order chi connectivity index (χ0) is 5.98. The van der Waals surface area contributed by atoms with Gasteiger partial charge in [-0.1, -0.05) is 5.73 Å². The van der Waals surface area contributed by atoms with Crippen LogP contribution in [0.25, 0.3) is 0 Å². The molecule has 0 unspecified atom stereocenters. The first-order valence-electron chi connectivity index (χ1n) is 2.03. The minimum atomic E-state index is -1.03. The van der Waals surface area contributed by atoms with Crippen molar-refractivity contribution in [3.63, 3.8) is 0 Å². The lowest BCUT2D eigenvalue weighted by Crippen LogP contribution is -2.00. The van der Waals surface area contributed by atoms with Gasteiger partial charge in [-0.05, 0) is 0 Å². The Labute approximate surface area is 45.7 Å². The van der Waals surface area contributed by atoms with Gasteiger partial charge in [0.25, 0.3) is 0 Å². The van der Waals surface area contributed by atoms with Gasteiger partial charge in [-0.2, -0.15) is 0 Å². The summed E-state index contributed by atoms with van der Waals surface area (Å²) >= 11 is 0. The van der Waals surface area contributed by atoms with Gasteiger partial charge in [-0.3, -0.25) is 4.79 Å². The van der Waals surface area contributed by atoms with Crippen LogP contribution >= 0.6 is 0 Å². The molecule has 4 heteroatoms. The maximum Gasteiger partial charge on any atom is 0.331 e. The lowest BCUT2D eigenvalue weighted by Gasteiger charge is -1.76. The van der Waals surface area contributed by atoms with E-state index in [1.165, 1.54) is 12.4 Å². The fourth-order valence-electron chi connectivity index (χ4n) is 0.382. The molecule has 0 aliphatic rings. The average Bonchev–Trinajstić information content (AvgIpc) is 2.12. The van der Waals surface area contributed by atoms with E-state index in [9.17, 15) is 4.79 Å². The molecule has 1 aromatic heterocycles. The summed E-state index contributed by atoms with van der Waals surface area (Å²) < 4.78 is 0. The number of carbonyl (C=O) groups excluding carboxylic acids is 1. The molecule has 1 aromatic rings. The second-order valence-electron chi connectivity index (χ2n) is 1.24. The van der Waals surface area contributed by atoms with Crippen LogP contribution in [0.3, 0.4) is 0 Å². The Hall–Kier alpha value is -1.32. The Morgan fingerprint density at radius 1 is 1.88 bits per heavy atom. The van der Waals surface area contributed by atoms with Gasteiger partial charge in [0.2, 0.25) is 0 Å². The SMILES string of the molecule is [N]C(=O)c1ncc[nH]1. The van der Waals surface area contributed by atoms with Gasteiger partial charge in [0.1, 0.15) is 0 Å². The summed E-state index contributed by atoms with van der Waals surface area (Å²) in [6, 6.07) is 0. The molecule has 8 heavy (non-hydrogen) atoms. The van der Waals surface area contributed by atoms with Gasteiger partial charge in [0.05, 0.1) is 0 Å². The summed E-state index contributed by atoms with van der Waals surface area (Å²) in [6.07, 6.45) is 2.85. The molecule has 2 radical (unpaired) electrons. The van der Waals surface area contributed by atoms with Crippen LogP contribution in [0.1, 0.15) is 10.6 Å². The van der Waals surface area contributed by atoms with Crippen LogP contribution in [0.2, 0.25) is 0 Å². The van der Waals surface area contributed by atoms with Crippen LogP contribution in [0.4, 0.5) is 0 Å². The second-order valence-corrected chi connectivity index (χ2v) is 1.24. The van der Waals surface area contributed by atoms with Crippen molar-refractivity contribution in [2.75, 3.05) is 0 Å². The highest BCUT2D eigenvalue weighted by atomic mass is 16.1. The molecule has 0 aliphatic heterocycles. The van der Waals surface area contributed by atoms with Crippen molar-refractivity contribution < 1.29 is 4.79 Å². The predicted molar refractivity (Wildman–Crippen MR) is 25.1 cm³/mol. The van der Waals surface area contributed by atoms with E-state index >= 15 is 0 Å². The number of H-pyrrole nitrogens is 1. The van der Waals surface area contributed by atoms with Crippen LogP contribution in [0, 0.1) is 0 Å². The third-order valence-corrected chi connectivity index (χ3v) is 0.701. The minimum absolute atomic E-state index is 0.0231. The van der Waals surface area contributed by atoms with Crippen molar-refractivity contribution in [3.8, 4) is 0 Å². The maximum atomic E-state index is 9.97. The molecule has 40 valence electrons. The first-order chi connectivity index (χ1) is 3.80. The number of hydrogen-bond donors (Lipinski definition) is 1. The van der Waals surface area contributed by atoms with Gasteiger partial charge in [-0.25, -0.2) is 4.98 Å². The average molecular weight is 109 g/mol. The van der Waals surface area contributed by atoms with Crippen LogP contribution in [0.5, 0.6) is 0 Å².